The maximum atomic E-state index is 11.1. The molecule has 2 rings (SSSR count). The van der Waals surface area contributed by atoms with Gasteiger partial charge in [-0.25, -0.2) is 9.48 Å². The van der Waals surface area contributed by atoms with Crippen molar-refractivity contribution in [3.05, 3.63) is 36.0 Å². The summed E-state index contributed by atoms with van der Waals surface area (Å²) in [5, 5.41) is 25.1. The molecule has 0 atom stereocenters. The molecule has 98 valence electrons. The van der Waals surface area contributed by atoms with Gasteiger partial charge in [-0.1, -0.05) is 35.5 Å². The summed E-state index contributed by atoms with van der Waals surface area (Å²) in [6.07, 6.45) is -0.151. The number of aryl methyl sites for hydroxylation is 1. The van der Waals surface area contributed by atoms with E-state index in [4.69, 9.17) is 10.2 Å². The highest BCUT2D eigenvalue weighted by Gasteiger charge is 2.20. The van der Waals surface area contributed by atoms with E-state index in [2.05, 4.69) is 10.3 Å². The van der Waals surface area contributed by atoms with Crippen molar-refractivity contribution in [1.29, 1.82) is 0 Å². The Kier molecular flexibility index (Phi) is 3.56. The van der Waals surface area contributed by atoms with E-state index < -0.39 is 11.9 Å². The third-order valence-electron chi connectivity index (χ3n) is 2.52. The Morgan fingerprint density at radius 1 is 1.16 bits per heavy atom. The van der Waals surface area contributed by atoms with Crippen molar-refractivity contribution in [3.63, 3.8) is 0 Å². The van der Waals surface area contributed by atoms with Gasteiger partial charge in [0.25, 0.3) is 0 Å². The second kappa shape index (κ2) is 5.30. The third kappa shape index (κ3) is 2.76. The van der Waals surface area contributed by atoms with Gasteiger partial charge in [0, 0.05) is 5.56 Å². The van der Waals surface area contributed by atoms with E-state index in [-0.39, 0.29) is 18.7 Å². The second-order valence-corrected chi connectivity index (χ2v) is 3.82. The van der Waals surface area contributed by atoms with Gasteiger partial charge >= 0.3 is 11.9 Å². The molecule has 0 spiro atoms. The van der Waals surface area contributed by atoms with E-state index >= 15 is 0 Å². The molecule has 0 bridgehead atoms. The molecule has 1 heterocycles. The summed E-state index contributed by atoms with van der Waals surface area (Å²) in [6, 6.07) is 8.77. The molecule has 2 N–H and O–H groups in total. The van der Waals surface area contributed by atoms with Crippen molar-refractivity contribution in [2.24, 2.45) is 0 Å². The minimum absolute atomic E-state index is 0.0693. The number of rotatable bonds is 5. The Bertz CT molecular complexity index is 607. The van der Waals surface area contributed by atoms with Gasteiger partial charge in [0.2, 0.25) is 0 Å². The van der Waals surface area contributed by atoms with Gasteiger partial charge in [-0.3, -0.25) is 4.79 Å². The lowest BCUT2D eigenvalue weighted by molar-refractivity contribution is -0.137. The van der Waals surface area contributed by atoms with E-state index in [1.165, 1.54) is 4.68 Å². The number of aromatic carboxylic acids is 1. The van der Waals surface area contributed by atoms with Crippen LogP contribution in [0.4, 0.5) is 0 Å². The van der Waals surface area contributed by atoms with Crippen LogP contribution >= 0.6 is 0 Å². The molecule has 1 aromatic heterocycles. The van der Waals surface area contributed by atoms with Gasteiger partial charge in [-0.2, -0.15) is 0 Å². The SMILES string of the molecule is O=C(O)CCn1nnc(C(=O)O)c1-c1ccccc1. The zero-order chi connectivity index (χ0) is 13.8. The van der Waals surface area contributed by atoms with Gasteiger partial charge in [-0.15, -0.1) is 5.10 Å². The summed E-state index contributed by atoms with van der Waals surface area (Å²) in [4.78, 5) is 21.7. The predicted molar refractivity (Wildman–Crippen MR) is 64.7 cm³/mol. The average molecular weight is 261 g/mol. The lowest BCUT2D eigenvalue weighted by Gasteiger charge is -2.05. The molecular weight excluding hydrogens is 250 g/mol. The zero-order valence-electron chi connectivity index (χ0n) is 9.85. The molecule has 0 unspecified atom stereocenters. The van der Waals surface area contributed by atoms with Crippen molar-refractivity contribution >= 4 is 11.9 Å². The van der Waals surface area contributed by atoms with Gasteiger partial charge in [0.15, 0.2) is 5.69 Å². The topological polar surface area (TPSA) is 105 Å². The van der Waals surface area contributed by atoms with Crippen LogP contribution in [0, 0.1) is 0 Å². The van der Waals surface area contributed by atoms with Crippen LogP contribution < -0.4 is 0 Å². The number of carboxylic acid groups (broad SMARTS) is 2. The molecular formula is C12H11N3O4. The minimum Gasteiger partial charge on any atom is -0.481 e. The van der Waals surface area contributed by atoms with Crippen LogP contribution in [0.15, 0.2) is 30.3 Å². The summed E-state index contributed by atoms with van der Waals surface area (Å²) in [7, 11) is 0. The first-order valence-corrected chi connectivity index (χ1v) is 5.53. The van der Waals surface area contributed by atoms with Gasteiger partial charge in [0.05, 0.1) is 13.0 Å². The van der Waals surface area contributed by atoms with E-state index in [0.717, 1.165) is 0 Å². The molecule has 19 heavy (non-hydrogen) atoms. The number of benzene rings is 1. The first-order valence-electron chi connectivity index (χ1n) is 5.53. The highest BCUT2D eigenvalue weighted by atomic mass is 16.4. The number of carboxylic acids is 2. The van der Waals surface area contributed by atoms with Crippen molar-refractivity contribution in [3.8, 4) is 11.3 Å². The highest BCUT2D eigenvalue weighted by Crippen LogP contribution is 2.22. The van der Waals surface area contributed by atoms with Crippen molar-refractivity contribution in [1.82, 2.24) is 15.0 Å². The number of hydrogen-bond donors (Lipinski definition) is 2. The maximum absolute atomic E-state index is 11.1. The molecule has 2 aromatic rings. The van der Waals surface area contributed by atoms with Crippen molar-refractivity contribution < 1.29 is 19.8 Å². The summed E-state index contributed by atoms with van der Waals surface area (Å²) >= 11 is 0. The fourth-order valence-corrected chi connectivity index (χ4v) is 1.70. The number of aliphatic carboxylic acids is 1. The molecule has 0 saturated carbocycles. The van der Waals surface area contributed by atoms with Crippen LogP contribution in [0.3, 0.4) is 0 Å². The van der Waals surface area contributed by atoms with E-state index in [1.807, 2.05) is 0 Å². The normalized spacial score (nSPS) is 10.3. The lowest BCUT2D eigenvalue weighted by Crippen LogP contribution is -2.08. The zero-order valence-corrected chi connectivity index (χ0v) is 9.85. The summed E-state index contributed by atoms with van der Waals surface area (Å²) in [6.45, 7) is 0.0693. The first-order chi connectivity index (χ1) is 9.09. The van der Waals surface area contributed by atoms with Crippen LogP contribution in [-0.4, -0.2) is 37.1 Å². The van der Waals surface area contributed by atoms with Crippen LogP contribution in [-0.2, 0) is 11.3 Å². The first kappa shape index (κ1) is 12.7. The smallest absolute Gasteiger partial charge is 0.358 e. The number of hydrogen-bond acceptors (Lipinski definition) is 4. The summed E-state index contributed by atoms with van der Waals surface area (Å²) in [5.74, 6) is -2.17. The second-order valence-electron chi connectivity index (χ2n) is 3.82. The van der Waals surface area contributed by atoms with E-state index in [9.17, 15) is 9.59 Å². The van der Waals surface area contributed by atoms with Crippen LogP contribution in [0.2, 0.25) is 0 Å². The third-order valence-corrected chi connectivity index (χ3v) is 2.52. The molecule has 0 aliphatic carbocycles. The molecule has 7 heteroatoms. The Morgan fingerprint density at radius 2 is 1.84 bits per heavy atom. The standard InChI is InChI=1S/C12H11N3O4/c16-9(17)6-7-15-11(8-4-2-1-3-5-8)10(12(18)19)13-14-15/h1-5H,6-7H2,(H,16,17)(H,18,19). The Hall–Kier alpha value is -2.70. The average Bonchev–Trinajstić information content (AvgIpc) is 2.81. The maximum Gasteiger partial charge on any atom is 0.358 e. The fraction of sp³-hybridized carbons (Fsp3) is 0.167. The number of aromatic nitrogens is 3. The Labute approximate surface area is 108 Å². The highest BCUT2D eigenvalue weighted by molar-refractivity contribution is 5.92. The van der Waals surface area contributed by atoms with Gasteiger partial charge < -0.3 is 10.2 Å². The minimum atomic E-state index is -1.19. The summed E-state index contributed by atoms with van der Waals surface area (Å²) in [5.41, 5.74) is 0.765. The molecule has 1 aromatic carbocycles. The van der Waals surface area contributed by atoms with E-state index in [1.54, 1.807) is 30.3 Å². The molecule has 0 amide bonds. The largest absolute Gasteiger partial charge is 0.481 e. The number of nitrogens with zero attached hydrogens (tertiary/aromatic N) is 3. The predicted octanol–water partition coefficient (Wildman–Crippen LogP) is 1.12. The van der Waals surface area contributed by atoms with Crippen molar-refractivity contribution in [2.75, 3.05) is 0 Å². The molecule has 0 fully saturated rings. The Morgan fingerprint density at radius 3 is 2.42 bits per heavy atom. The van der Waals surface area contributed by atoms with Gasteiger partial charge in [0.1, 0.15) is 5.69 Å². The molecule has 0 radical (unpaired) electrons. The van der Waals surface area contributed by atoms with Crippen LogP contribution in [0.25, 0.3) is 11.3 Å². The molecule has 0 aliphatic rings. The molecule has 0 aliphatic heterocycles. The molecule has 7 nitrogen and oxygen atoms in total. The molecule has 0 saturated heterocycles. The van der Waals surface area contributed by atoms with Gasteiger partial charge in [-0.05, 0) is 0 Å². The van der Waals surface area contributed by atoms with Crippen LogP contribution in [0.5, 0.6) is 0 Å². The quantitative estimate of drug-likeness (QED) is 0.835. The lowest BCUT2D eigenvalue weighted by atomic mass is 10.1. The summed E-state index contributed by atoms with van der Waals surface area (Å²) < 4.78 is 1.30. The van der Waals surface area contributed by atoms with Crippen molar-refractivity contribution in [2.45, 2.75) is 13.0 Å². The Balaban J connectivity index is 2.45. The fourth-order valence-electron chi connectivity index (χ4n) is 1.70. The monoisotopic (exact) mass is 261 g/mol. The van der Waals surface area contributed by atoms with Crippen LogP contribution in [0.1, 0.15) is 16.9 Å². The van der Waals surface area contributed by atoms with E-state index in [0.29, 0.717) is 11.3 Å². The number of carbonyl (C=O) groups is 2.